The van der Waals surface area contributed by atoms with E-state index in [2.05, 4.69) is 6.92 Å². The van der Waals surface area contributed by atoms with Crippen LogP contribution in [0.4, 0.5) is 0 Å². The van der Waals surface area contributed by atoms with Crippen molar-refractivity contribution in [1.29, 1.82) is 0 Å². The molecule has 57 valence electrons. The molecule has 1 aliphatic rings. The van der Waals surface area contributed by atoms with Crippen molar-refractivity contribution in [2.24, 2.45) is 0 Å². The molecule has 1 heteroatoms. The first kappa shape index (κ1) is 6.71. The molecule has 11 heavy (non-hydrogen) atoms. The Morgan fingerprint density at radius 3 is 2.45 bits per heavy atom. The number of hydrogen-bond acceptors (Lipinski definition) is 0. The van der Waals surface area contributed by atoms with Crippen LogP contribution in [0.25, 0.3) is 0 Å². The maximum absolute atomic E-state index is 11.3. The van der Waals surface area contributed by atoms with E-state index in [-0.39, 0.29) is 11.2 Å². The van der Waals surface area contributed by atoms with E-state index in [1.165, 1.54) is 12.8 Å². The Morgan fingerprint density at radius 1 is 1.27 bits per heavy atom. The zero-order chi connectivity index (χ0) is 7.90. The molecule has 0 aliphatic heterocycles. The lowest BCUT2D eigenvalue weighted by Gasteiger charge is -2.07. The Hall–Kier alpha value is -0.980. The monoisotopic (exact) mass is 147 g/mol. The van der Waals surface area contributed by atoms with Crippen LogP contribution in [-0.4, -0.2) is 0 Å². The summed E-state index contributed by atoms with van der Waals surface area (Å²) in [5.74, 6) is 0.201. The molecule has 0 unspecified atom stereocenters. The van der Waals surface area contributed by atoms with Gasteiger partial charge in [0.2, 0.25) is 0 Å². The van der Waals surface area contributed by atoms with Gasteiger partial charge in [-0.05, 0) is 24.3 Å². The minimum absolute atomic E-state index is 0.201. The zero-order valence-electron chi connectivity index (χ0n) is 6.63. The zero-order valence-corrected chi connectivity index (χ0v) is 6.63. The highest BCUT2D eigenvalue weighted by Gasteiger charge is 2.40. The van der Waals surface area contributed by atoms with Crippen molar-refractivity contribution >= 4 is 0 Å². The molecule has 0 saturated heterocycles. The number of para-hydroxylation sites is 1. The average molecular weight is 147 g/mol. The van der Waals surface area contributed by atoms with Gasteiger partial charge in [0, 0.05) is 5.56 Å². The highest BCUT2D eigenvalue weighted by atomic mass is 16.3. The summed E-state index contributed by atoms with van der Waals surface area (Å²) in [7, 11) is 0. The van der Waals surface area contributed by atoms with E-state index >= 15 is 0 Å². The summed E-state index contributed by atoms with van der Waals surface area (Å²) < 4.78 is 0. The quantitative estimate of drug-likeness (QED) is 0.582. The predicted molar refractivity (Wildman–Crippen MR) is 43.2 cm³/mol. The van der Waals surface area contributed by atoms with Crippen LogP contribution in [0.1, 0.15) is 25.3 Å². The topological polar surface area (TPSA) is 19.9 Å². The fraction of sp³-hybridized carbons (Fsp3) is 0.400. The highest BCUT2D eigenvalue weighted by molar-refractivity contribution is 5.41. The van der Waals surface area contributed by atoms with Crippen LogP contribution < -0.4 is 0 Å². The second-order valence-corrected chi connectivity index (χ2v) is 3.56. The number of rotatable bonds is 1. The van der Waals surface area contributed by atoms with Crippen molar-refractivity contribution in [3.05, 3.63) is 29.8 Å². The summed E-state index contributed by atoms with van der Waals surface area (Å²) in [6, 6.07) is 7.35. The van der Waals surface area contributed by atoms with Crippen LogP contribution >= 0.6 is 0 Å². The van der Waals surface area contributed by atoms with Gasteiger partial charge >= 0.3 is 0 Å². The molecule has 1 fully saturated rings. The van der Waals surface area contributed by atoms with Gasteiger partial charge in [-0.1, -0.05) is 25.1 Å². The van der Waals surface area contributed by atoms with Crippen molar-refractivity contribution in [3.8, 4) is 5.75 Å². The van der Waals surface area contributed by atoms with Gasteiger partial charge in [-0.25, -0.2) is 0 Å². The molecule has 0 amide bonds. The maximum atomic E-state index is 11.3. The standard InChI is InChI=1S/C10H11O/c1-10(6-7-10)8-4-2-3-5-9(8)11/h2-5H,6-7H2,1H3. The Labute approximate surface area is 66.7 Å². The molecule has 0 spiro atoms. The first-order chi connectivity index (χ1) is 5.22. The van der Waals surface area contributed by atoms with Gasteiger partial charge in [0.15, 0.2) is 5.75 Å². The van der Waals surface area contributed by atoms with Crippen LogP contribution in [0, 0.1) is 0 Å². The Kier molecular flexibility index (Phi) is 1.22. The summed E-state index contributed by atoms with van der Waals surface area (Å²) in [6.45, 7) is 2.16. The van der Waals surface area contributed by atoms with Crippen molar-refractivity contribution in [2.75, 3.05) is 0 Å². The molecular weight excluding hydrogens is 136 g/mol. The summed E-state index contributed by atoms with van der Waals surface area (Å²) >= 11 is 0. The summed E-state index contributed by atoms with van der Waals surface area (Å²) in [5, 5.41) is 11.3. The molecule has 1 aromatic rings. The van der Waals surface area contributed by atoms with Crippen molar-refractivity contribution < 1.29 is 5.11 Å². The van der Waals surface area contributed by atoms with Gasteiger partial charge in [-0.2, -0.15) is 0 Å². The third-order valence-corrected chi connectivity index (χ3v) is 2.54. The molecule has 0 N–H and O–H groups in total. The SMILES string of the molecule is CC1(c2ccccc2[O])CC1. The van der Waals surface area contributed by atoms with E-state index in [1.807, 2.05) is 12.1 Å². The Morgan fingerprint density at radius 2 is 1.91 bits per heavy atom. The second-order valence-electron chi connectivity index (χ2n) is 3.56. The fourth-order valence-corrected chi connectivity index (χ4v) is 1.42. The summed E-state index contributed by atoms with van der Waals surface area (Å²) in [4.78, 5) is 0. The van der Waals surface area contributed by atoms with Crippen molar-refractivity contribution in [2.45, 2.75) is 25.2 Å². The van der Waals surface area contributed by atoms with E-state index in [9.17, 15) is 5.11 Å². The van der Waals surface area contributed by atoms with Gasteiger partial charge in [0.1, 0.15) is 0 Å². The number of hydrogen-bond donors (Lipinski definition) is 0. The first-order valence-corrected chi connectivity index (χ1v) is 3.99. The molecule has 1 aliphatic carbocycles. The molecule has 0 bridgehead atoms. The number of benzene rings is 1. The van der Waals surface area contributed by atoms with Crippen molar-refractivity contribution in [3.63, 3.8) is 0 Å². The molecule has 0 aromatic heterocycles. The van der Waals surface area contributed by atoms with Gasteiger partial charge in [0.05, 0.1) is 0 Å². The van der Waals surface area contributed by atoms with E-state index in [1.54, 1.807) is 12.1 Å². The highest BCUT2D eigenvalue weighted by Crippen LogP contribution is 2.50. The van der Waals surface area contributed by atoms with Gasteiger partial charge < -0.3 is 0 Å². The van der Waals surface area contributed by atoms with E-state index in [0.29, 0.717) is 0 Å². The Balaban J connectivity index is 2.45. The van der Waals surface area contributed by atoms with E-state index in [4.69, 9.17) is 0 Å². The third-order valence-electron chi connectivity index (χ3n) is 2.54. The summed E-state index contributed by atoms with van der Waals surface area (Å²) in [6.07, 6.45) is 2.35. The molecule has 0 atom stereocenters. The fourth-order valence-electron chi connectivity index (χ4n) is 1.42. The predicted octanol–water partition coefficient (Wildman–Crippen LogP) is 2.88. The molecule has 1 aromatic carbocycles. The van der Waals surface area contributed by atoms with Gasteiger partial charge in [0.25, 0.3) is 0 Å². The largest absolute Gasteiger partial charge is 0.290 e. The molecule has 1 radical (unpaired) electrons. The van der Waals surface area contributed by atoms with Crippen molar-refractivity contribution in [1.82, 2.24) is 0 Å². The average Bonchev–Trinajstić information content (AvgIpc) is 2.70. The lowest BCUT2D eigenvalue weighted by Crippen LogP contribution is -1.98. The van der Waals surface area contributed by atoms with Gasteiger partial charge in [-0.15, -0.1) is 0 Å². The normalized spacial score (nSPS) is 19.7. The lowest BCUT2D eigenvalue weighted by molar-refractivity contribution is 0.346. The van der Waals surface area contributed by atoms with Gasteiger partial charge in [-0.3, -0.25) is 5.11 Å². The van der Waals surface area contributed by atoms with Crippen LogP contribution in [0.5, 0.6) is 5.75 Å². The van der Waals surface area contributed by atoms with Crippen LogP contribution in [-0.2, 0) is 10.5 Å². The van der Waals surface area contributed by atoms with Crippen LogP contribution in [0.15, 0.2) is 24.3 Å². The Bertz CT molecular complexity index is 274. The van der Waals surface area contributed by atoms with Crippen LogP contribution in [0.2, 0.25) is 0 Å². The smallest absolute Gasteiger partial charge is 0.182 e. The van der Waals surface area contributed by atoms with E-state index < -0.39 is 0 Å². The molecule has 1 nitrogen and oxygen atoms in total. The van der Waals surface area contributed by atoms with Crippen LogP contribution in [0.3, 0.4) is 0 Å². The minimum atomic E-state index is 0.201. The molecular formula is C10H11O. The third kappa shape index (κ3) is 1.01. The maximum Gasteiger partial charge on any atom is 0.182 e. The minimum Gasteiger partial charge on any atom is -0.290 e. The summed E-state index contributed by atoms with van der Waals surface area (Å²) in [5.41, 5.74) is 1.22. The lowest BCUT2D eigenvalue weighted by atomic mass is 9.98. The molecule has 1 saturated carbocycles. The van der Waals surface area contributed by atoms with E-state index in [0.717, 1.165) is 5.56 Å². The second kappa shape index (κ2) is 2.00. The molecule has 0 heterocycles. The first-order valence-electron chi connectivity index (χ1n) is 3.99. The molecule has 2 rings (SSSR count).